The second-order valence-electron chi connectivity index (χ2n) is 7.98. The van der Waals surface area contributed by atoms with E-state index in [-0.39, 0.29) is 12.5 Å². The highest BCUT2D eigenvalue weighted by atomic mass is 16.5. The van der Waals surface area contributed by atoms with Gasteiger partial charge >= 0.3 is 0 Å². The van der Waals surface area contributed by atoms with Gasteiger partial charge in [-0.15, -0.1) is 0 Å². The molecule has 2 aromatic heterocycles. The first-order valence-electron chi connectivity index (χ1n) is 9.89. The Labute approximate surface area is 171 Å². The van der Waals surface area contributed by atoms with Crippen LogP contribution in [0.15, 0.2) is 60.2 Å². The van der Waals surface area contributed by atoms with Gasteiger partial charge in [0, 0.05) is 21.5 Å². The van der Waals surface area contributed by atoms with E-state index in [9.17, 15) is 10.5 Å². The molecule has 0 N–H and O–H groups in total. The number of aromatic nitrogens is 2. The van der Waals surface area contributed by atoms with Gasteiger partial charge in [0.1, 0.15) is 12.1 Å². The van der Waals surface area contributed by atoms with Crippen molar-refractivity contribution in [1.82, 2.24) is 9.13 Å². The van der Waals surface area contributed by atoms with Crippen LogP contribution in [0.25, 0.3) is 43.6 Å². The number of ether oxygens (including phenoxy) is 1. The number of rotatable bonds is 0. The van der Waals surface area contributed by atoms with Gasteiger partial charge < -0.3 is 13.9 Å². The molecule has 2 aliphatic rings. The average molecular weight is 386 g/mol. The molecule has 7 rings (SSSR count). The summed E-state index contributed by atoms with van der Waals surface area (Å²) in [6.07, 6.45) is 1.67. The van der Waals surface area contributed by atoms with Crippen molar-refractivity contribution in [3.8, 4) is 12.1 Å². The highest BCUT2D eigenvalue weighted by Crippen LogP contribution is 2.51. The molecular weight excluding hydrogens is 372 g/mol. The number of hydrogen-bond acceptors (Lipinski definition) is 3. The molecule has 0 amide bonds. The van der Waals surface area contributed by atoms with Crippen molar-refractivity contribution < 1.29 is 4.74 Å². The summed E-state index contributed by atoms with van der Waals surface area (Å²) in [4.78, 5) is 0. The van der Waals surface area contributed by atoms with Gasteiger partial charge in [0.05, 0.1) is 33.2 Å². The van der Waals surface area contributed by atoms with Crippen LogP contribution in [0.3, 0.4) is 0 Å². The van der Waals surface area contributed by atoms with E-state index >= 15 is 0 Å². The van der Waals surface area contributed by atoms with E-state index in [1.54, 1.807) is 0 Å². The zero-order valence-electron chi connectivity index (χ0n) is 16.0. The van der Waals surface area contributed by atoms with E-state index in [1.165, 1.54) is 0 Å². The lowest BCUT2D eigenvalue weighted by Crippen LogP contribution is -2.10. The first-order chi connectivity index (χ1) is 14.7. The third-order valence-corrected chi connectivity index (χ3v) is 6.57. The van der Waals surface area contributed by atoms with Gasteiger partial charge in [-0.25, -0.2) is 0 Å². The molecule has 5 nitrogen and oxygen atoms in total. The maximum atomic E-state index is 10.2. The number of nitriles is 2. The fraction of sp³-hybridized carbons (Fsp3) is 0.120. The van der Waals surface area contributed by atoms with Crippen LogP contribution in [0.4, 0.5) is 0 Å². The summed E-state index contributed by atoms with van der Waals surface area (Å²) >= 11 is 0. The van der Waals surface area contributed by atoms with Crippen molar-refractivity contribution >= 4 is 43.6 Å². The number of fused-ring (bicyclic) bond motifs is 10. The molecule has 0 saturated carbocycles. The molecule has 0 saturated heterocycles. The van der Waals surface area contributed by atoms with E-state index in [0.717, 1.165) is 49.2 Å². The lowest BCUT2D eigenvalue weighted by atomic mass is 9.96. The Morgan fingerprint density at radius 3 is 1.93 bits per heavy atom. The first kappa shape index (κ1) is 15.8. The molecule has 5 aromatic rings. The van der Waals surface area contributed by atoms with Crippen LogP contribution in [0.5, 0.6) is 0 Å². The van der Waals surface area contributed by atoms with Crippen LogP contribution in [-0.2, 0) is 4.74 Å². The molecule has 140 valence electrons. The summed E-state index contributed by atoms with van der Waals surface area (Å²) in [5.74, 6) is 0. The van der Waals surface area contributed by atoms with Gasteiger partial charge in [-0.2, -0.15) is 10.5 Å². The van der Waals surface area contributed by atoms with Crippen molar-refractivity contribution in [2.75, 3.05) is 0 Å². The van der Waals surface area contributed by atoms with Crippen LogP contribution in [-0.4, -0.2) is 9.13 Å². The SMILES string of the molecule is CC1=CC2OC1n1c3ccccc3c3c(C#N)c(C#N)c4c5ccccc5n2c4c31. The van der Waals surface area contributed by atoms with E-state index in [4.69, 9.17) is 4.74 Å². The van der Waals surface area contributed by atoms with Gasteiger partial charge in [0.15, 0.2) is 12.5 Å². The Morgan fingerprint density at radius 2 is 1.33 bits per heavy atom. The van der Waals surface area contributed by atoms with Crippen LogP contribution >= 0.6 is 0 Å². The van der Waals surface area contributed by atoms with Crippen LogP contribution in [0, 0.1) is 22.7 Å². The summed E-state index contributed by atoms with van der Waals surface area (Å²) in [5.41, 5.74) is 5.98. The van der Waals surface area contributed by atoms with E-state index in [1.807, 2.05) is 36.4 Å². The lowest BCUT2D eigenvalue weighted by Gasteiger charge is -2.17. The Hall–Kier alpha value is -4.06. The normalized spacial score (nSPS) is 19.5. The molecule has 2 atom stereocenters. The molecule has 2 unspecified atom stereocenters. The van der Waals surface area contributed by atoms with Gasteiger partial charge in [-0.3, -0.25) is 0 Å². The predicted octanol–water partition coefficient (Wildman–Crippen LogP) is 5.63. The minimum atomic E-state index is -0.251. The summed E-state index contributed by atoms with van der Waals surface area (Å²) in [7, 11) is 0. The number of nitrogens with zero attached hydrogens (tertiary/aromatic N) is 4. The highest BCUT2D eigenvalue weighted by molar-refractivity contribution is 6.26. The Balaban J connectivity index is 1.96. The molecule has 2 aliphatic heterocycles. The molecule has 0 spiro atoms. The topological polar surface area (TPSA) is 66.7 Å². The summed E-state index contributed by atoms with van der Waals surface area (Å²) in [6, 6.07) is 20.9. The zero-order valence-corrected chi connectivity index (χ0v) is 16.0. The quantitative estimate of drug-likeness (QED) is 0.324. The van der Waals surface area contributed by atoms with E-state index < -0.39 is 0 Å². The third-order valence-electron chi connectivity index (χ3n) is 6.57. The van der Waals surface area contributed by atoms with Gasteiger partial charge in [0.25, 0.3) is 0 Å². The molecule has 3 aromatic carbocycles. The number of benzene rings is 3. The maximum Gasteiger partial charge on any atom is 0.159 e. The van der Waals surface area contributed by atoms with Gasteiger partial charge in [0.2, 0.25) is 0 Å². The van der Waals surface area contributed by atoms with Crippen LogP contribution in [0.2, 0.25) is 0 Å². The van der Waals surface area contributed by atoms with E-state index in [0.29, 0.717) is 11.1 Å². The van der Waals surface area contributed by atoms with Crippen molar-refractivity contribution in [3.05, 3.63) is 71.3 Å². The molecule has 0 fully saturated rings. The first-order valence-corrected chi connectivity index (χ1v) is 9.89. The smallest absolute Gasteiger partial charge is 0.159 e. The molecule has 0 aliphatic carbocycles. The van der Waals surface area contributed by atoms with Gasteiger partial charge in [-0.1, -0.05) is 36.4 Å². The summed E-state index contributed by atoms with van der Waals surface area (Å²) < 4.78 is 11.0. The minimum Gasteiger partial charge on any atom is -0.327 e. The monoisotopic (exact) mass is 386 g/mol. The predicted molar refractivity (Wildman–Crippen MR) is 115 cm³/mol. The van der Waals surface area contributed by atoms with Gasteiger partial charge in [-0.05, 0) is 30.7 Å². The summed E-state index contributed by atoms with van der Waals surface area (Å²) in [6.45, 7) is 2.09. The molecule has 4 heterocycles. The lowest BCUT2D eigenvalue weighted by molar-refractivity contribution is -0.0112. The fourth-order valence-electron chi connectivity index (χ4n) is 5.47. The van der Waals surface area contributed by atoms with E-state index in [2.05, 4.69) is 46.4 Å². The van der Waals surface area contributed by atoms with Crippen LogP contribution in [0.1, 0.15) is 30.5 Å². The average Bonchev–Trinajstić information content (AvgIpc) is 3.38. The molecule has 0 radical (unpaired) electrons. The Bertz CT molecular complexity index is 1720. The third kappa shape index (κ3) is 1.56. The van der Waals surface area contributed by atoms with Crippen molar-refractivity contribution in [2.45, 2.75) is 19.4 Å². The zero-order chi connectivity index (χ0) is 20.1. The van der Waals surface area contributed by atoms with Crippen molar-refractivity contribution in [2.24, 2.45) is 0 Å². The summed E-state index contributed by atoms with van der Waals surface area (Å²) in [5, 5.41) is 23.9. The Kier molecular flexibility index (Phi) is 2.69. The number of para-hydroxylation sites is 2. The second-order valence-corrected chi connectivity index (χ2v) is 7.98. The largest absolute Gasteiger partial charge is 0.327 e. The highest BCUT2D eigenvalue weighted by Gasteiger charge is 2.37. The number of hydrogen-bond donors (Lipinski definition) is 0. The molecular formula is C25H14N4O. The second kappa shape index (κ2) is 5.10. The standard InChI is InChI=1S/C25H14N4O/c1-13-10-20-28-18-8-4-2-6-14(18)21-16(11-26)17(12-27)22-15-7-3-5-9-19(15)29(25(13)30-20)24(22)23(21)28/h2-10,20,25H,1H3. The Morgan fingerprint density at radius 1 is 0.800 bits per heavy atom. The minimum absolute atomic E-state index is 0.237. The fourth-order valence-corrected chi connectivity index (χ4v) is 5.47. The van der Waals surface area contributed by atoms with Crippen LogP contribution < -0.4 is 0 Å². The molecule has 30 heavy (non-hydrogen) atoms. The maximum absolute atomic E-state index is 10.2. The van der Waals surface area contributed by atoms with Crippen molar-refractivity contribution in [3.63, 3.8) is 0 Å². The van der Waals surface area contributed by atoms with Crippen molar-refractivity contribution in [1.29, 1.82) is 10.5 Å². The molecule has 5 heteroatoms. The molecule has 2 bridgehead atoms.